The number of hydrogen-bond donors (Lipinski definition) is 1. The van der Waals surface area contributed by atoms with Crippen LogP contribution in [-0.2, 0) is 4.74 Å². The van der Waals surface area contributed by atoms with Crippen molar-refractivity contribution in [3.63, 3.8) is 0 Å². The van der Waals surface area contributed by atoms with Crippen LogP contribution in [-0.4, -0.2) is 44.3 Å². The summed E-state index contributed by atoms with van der Waals surface area (Å²) in [5.41, 5.74) is 2.50. The molecule has 1 aromatic carbocycles. The van der Waals surface area contributed by atoms with Crippen LogP contribution in [0.25, 0.3) is 0 Å². The van der Waals surface area contributed by atoms with E-state index >= 15 is 0 Å². The van der Waals surface area contributed by atoms with Crippen LogP contribution in [0.5, 0.6) is 0 Å². The van der Waals surface area contributed by atoms with Crippen LogP contribution in [0.2, 0.25) is 0 Å². The molecule has 1 heterocycles. The summed E-state index contributed by atoms with van der Waals surface area (Å²) in [4.78, 5) is 2.36. The number of hydrogen-bond acceptors (Lipinski definition) is 3. The van der Waals surface area contributed by atoms with Gasteiger partial charge in [-0.3, -0.25) is 0 Å². The van der Waals surface area contributed by atoms with Gasteiger partial charge >= 0.3 is 0 Å². The highest BCUT2D eigenvalue weighted by Crippen LogP contribution is 2.13. The Kier molecular flexibility index (Phi) is 5.67. The summed E-state index contributed by atoms with van der Waals surface area (Å²) in [6, 6.07) is 8.56. The van der Waals surface area contributed by atoms with E-state index < -0.39 is 0 Å². The highest BCUT2D eigenvalue weighted by atomic mass is 16.5. The van der Waals surface area contributed by atoms with Gasteiger partial charge in [-0.2, -0.15) is 0 Å². The van der Waals surface area contributed by atoms with Gasteiger partial charge in [-0.05, 0) is 45.4 Å². The molecule has 3 nitrogen and oxygen atoms in total. The fraction of sp³-hybridized carbons (Fsp3) is 0.625. The van der Waals surface area contributed by atoms with Gasteiger partial charge in [0, 0.05) is 31.9 Å². The molecule has 0 saturated carbocycles. The molecule has 1 N–H and O–H groups in total. The van der Waals surface area contributed by atoms with Crippen LogP contribution < -0.4 is 5.32 Å². The smallest absolute Gasteiger partial charge is 0.0701 e. The van der Waals surface area contributed by atoms with Gasteiger partial charge in [-0.1, -0.05) is 17.7 Å². The van der Waals surface area contributed by atoms with Gasteiger partial charge in [0.1, 0.15) is 0 Å². The monoisotopic (exact) mass is 262 g/mol. The molecule has 0 radical (unpaired) electrons. The van der Waals surface area contributed by atoms with Crippen molar-refractivity contribution in [2.24, 2.45) is 0 Å². The zero-order valence-corrected chi connectivity index (χ0v) is 12.2. The van der Waals surface area contributed by atoms with Crippen LogP contribution in [0.15, 0.2) is 24.3 Å². The van der Waals surface area contributed by atoms with Crippen molar-refractivity contribution < 1.29 is 4.74 Å². The SMILES string of the molecule is Cc1ccc(NCCN(C)CC2CCCCO2)cc1. The lowest BCUT2D eigenvalue weighted by Crippen LogP contribution is -2.35. The number of benzene rings is 1. The molecule has 1 aromatic rings. The van der Waals surface area contributed by atoms with E-state index in [9.17, 15) is 0 Å². The van der Waals surface area contributed by atoms with Gasteiger partial charge < -0.3 is 15.0 Å². The third-order valence-electron chi connectivity index (χ3n) is 3.66. The number of aryl methyl sites for hydroxylation is 1. The number of nitrogens with one attached hydrogen (secondary N) is 1. The minimum absolute atomic E-state index is 0.443. The molecule has 1 atom stereocenters. The van der Waals surface area contributed by atoms with Crippen molar-refractivity contribution in [2.45, 2.75) is 32.3 Å². The molecule has 0 aliphatic carbocycles. The standard InChI is InChI=1S/C16H26N2O/c1-14-6-8-15(9-7-14)17-10-11-18(2)13-16-5-3-4-12-19-16/h6-9,16-17H,3-5,10-13H2,1-2H3. The van der Waals surface area contributed by atoms with E-state index in [1.54, 1.807) is 0 Å². The summed E-state index contributed by atoms with van der Waals surface area (Å²) < 4.78 is 5.76. The zero-order valence-electron chi connectivity index (χ0n) is 12.2. The molecule has 1 saturated heterocycles. The second-order valence-electron chi connectivity index (χ2n) is 5.54. The van der Waals surface area contributed by atoms with E-state index in [0.29, 0.717) is 6.10 Å². The number of ether oxygens (including phenoxy) is 1. The van der Waals surface area contributed by atoms with E-state index in [1.807, 2.05) is 0 Å². The van der Waals surface area contributed by atoms with Crippen molar-refractivity contribution in [3.05, 3.63) is 29.8 Å². The van der Waals surface area contributed by atoms with Gasteiger partial charge in [0.15, 0.2) is 0 Å². The predicted molar refractivity (Wildman–Crippen MR) is 80.8 cm³/mol. The van der Waals surface area contributed by atoms with Crippen molar-refractivity contribution in [3.8, 4) is 0 Å². The van der Waals surface area contributed by atoms with Gasteiger partial charge in [0.25, 0.3) is 0 Å². The largest absolute Gasteiger partial charge is 0.384 e. The number of rotatable bonds is 6. The Morgan fingerprint density at radius 2 is 2.05 bits per heavy atom. The maximum absolute atomic E-state index is 5.76. The van der Waals surface area contributed by atoms with Gasteiger partial charge in [0.05, 0.1) is 6.10 Å². The Morgan fingerprint density at radius 3 is 2.74 bits per heavy atom. The molecule has 1 aliphatic heterocycles. The van der Waals surface area contributed by atoms with Crippen molar-refractivity contribution in [1.82, 2.24) is 4.90 Å². The van der Waals surface area contributed by atoms with Crippen molar-refractivity contribution >= 4 is 5.69 Å². The molecule has 106 valence electrons. The molecular formula is C16H26N2O. The Morgan fingerprint density at radius 1 is 1.26 bits per heavy atom. The van der Waals surface area contributed by atoms with E-state index in [0.717, 1.165) is 26.2 Å². The minimum Gasteiger partial charge on any atom is -0.384 e. The second-order valence-corrected chi connectivity index (χ2v) is 5.54. The first-order valence-electron chi connectivity index (χ1n) is 7.35. The van der Waals surface area contributed by atoms with E-state index in [4.69, 9.17) is 4.74 Å². The Hall–Kier alpha value is -1.06. The molecule has 19 heavy (non-hydrogen) atoms. The maximum Gasteiger partial charge on any atom is 0.0701 e. The number of likely N-dealkylation sites (N-methyl/N-ethyl adjacent to an activating group) is 1. The third kappa shape index (κ3) is 5.21. The maximum atomic E-state index is 5.76. The highest BCUT2D eigenvalue weighted by Gasteiger charge is 2.15. The summed E-state index contributed by atoms with van der Waals surface area (Å²) in [5.74, 6) is 0. The average molecular weight is 262 g/mol. The summed E-state index contributed by atoms with van der Waals surface area (Å²) in [5, 5.41) is 3.46. The normalized spacial score (nSPS) is 19.6. The third-order valence-corrected chi connectivity index (χ3v) is 3.66. The summed E-state index contributed by atoms with van der Waals surface area (Å²) in [7, 11) is 2.18. The van der Waals surface area contributed by atoms with Gasteiger partial charge in [0.2, 0.25) is 0 Å². The topological polar surface area (TPSA) is 24.5 Å². The first kappa shape index (κ1) is 14.4. The van der Waals surface area contributed by atoms with Gasteiger partial charge in [-0.25, -0.2) is 0 Å². The molecule has 0 bridgehead atoms. The number of anilines is 1. The molecular weight excluding hydrogens is 236 g/mol. The average Bonchev–Trinajstić information content (AvgIpc) is 2.42. The predicted octanol–water partition coefficient (Wildman–Crippen LogP) is 2.91. The van der Waals surface area contributed by atoms with E-state index in [2.05, 4.69) is 48.5 Å². The molecule has 0 spiro atoms. The van der Waals surface area contributed by atoms with E-state index in [-0.39, 0.29) is 0 Å². The number of nitrogens with zero attached hydrogens (tertiary/aromatic N) is 1. The quantitative estimate of drug-likeness (QED) is 0.853. The molecule has 0 amide bonds. The molecule has 1 fully saturated rings. The Labute approximate surface area is 116 Å². The lowest BCUT2D eigenvalue weighted by atomic mass is 10.1. The molecule has 0 aromatic heterocycles. The zero-order chi connectivity index (χ0) is 13.5. The first-order chi connectivity index (χ1) is 9.24. The Balaban J connectivity index is 1.63. The van der Waals surface area contributed by atoms with Crippen molar-refractivity contribution in [1.29, 1.82) is 0 Å². The lowest BCUT2D eigenvalue weighted by molar-refractivity contribution is -0.000835. The first-order valence-corrected chi connectivity index (χ1v) is 7.35. The fourth-order valence-electron chi connectivity index (χ4n) is 2.45. The molecule has 1 unspecified atom stereocenters. The highest BCUT2D eigenvalue weighted by molar-refractivity contribution is 5.44. The van der Waals surface area contributed by atoms with Crippen LogP contribution in [0.1, 0.15) is 24.8 Å². The molecule has 3 heteroatoms. The summed E-state index contributed by atoms with van der Waals surface area (Å²) in [6.07, 6.45) is 4.21. The second kappa shape index (κ2) is 7.51. The summed E-state index contributed by atoms with van der Waals surface area (Å²) >= 11 is 0. The molecule has 1 aliphatic rings. The summed E-state index contributed by atoms with van der Waals surface area (Å²) in [6.45, 7) is 6.14. The Bertz CT molecular complexity index is 358. The van der Waals surface area contributed by atoms with E-state index in [1.165, 1.54) is 30.5 Å². The van der Waals surface area contributed by atoms with Crippen LogP contribution >= 0.6 is 0 Å². The minimum atomic E-state index is 0.443. The van der Waals surface area contributed by atoms with Crippen molar-refractivity contribution in [2.75, 3.05) is 38.6 Å². The van der Waals surface area contributed by atoms with Gasteiger partial charge in [-0.15, -0.1) is 0 Å². The lowest BCUT2D eigenvalue weighted by Gasteiger charge is -2.27. The van der Waals surface area contributed by atoms with Crippen LogP contribution in [0.4, 0.5) is 5.69 Å². The molecule has 2 rings (SSSR count). The van der Waals surface area contributed by atoms with Crippen LogP contribution in [0.3, 0.4) is 0 Å². The van der Waals surface area contributed by atoms with Crippen LogP contribution in [0, 0.1) is 6.92 Å². The fourth-order valence-corrected chi connectivity index (χ4v) is 2.45.